The molecule has 0 spiro atoms. The molecule has 2 saturated heterocycles. The molecule has 7 nitrogen and oxygen atoms in total. The van der Waals surface area contributed by atoms with E-state index in [4.69, 9.17) is 5.14 Å². The summed E-state index contributed by atoms with van der Waals surface area (Å²) >= 11 is 0. The van der Waals surface area contributed by atoms with Crippen LogP contribution in [0.1, 0.15) is 26.7 Å². The van der Waals surface area contributed by atoms with E-state index in [0.717, 1.165) is 52.2 Å². The highest BCUT2D eigenvalue weighted by atomic mass is 32.2. The second kappa shape index (κ2) is 7.92. The predicted octanol–water partition coefficient (Wildman–Crippen LogP) is -0.460. The van der Waals surface area contributed by atoms with Crippen LogP contribution in [0, 0.1) is 5.92 Å². The molecule has 0 radical (unpaired) electrons. The number of hydrogen-bond acceptors (Lipinski definition) is 5. The van der Waals surface area contributed by atoms with Gasteiger partial charge in [-0.1, -0.05) is 6.92 Å². The Morgan fingerprint density at radius 1 is 1.17 bits per heavy atom. The van der Waals surface area contributed by atoms with E-state index < -0.39 is 10.0 Å². The van der Waals surface area contributed by atoms with Gasteiger partial charge >= 0.3 is 0 Å². The molecule has 0 bridgehead atoms. The molecule has 0 aromatic carbocycles. The number of carbonyl (C=O) groups is 1. The summed E-state index contributed by atoms with van der Waals surface area (Å²) < 4.78 is 22.0. The van der Waals surface area contributed by atoms with Gasteiger partial charge in [-0.2, -0.15) is 0 Å². The number of rotatable bonds is 5. The van der Waals surface area contributed by atoms with Gasteiger partial charge in [0, 0.05) is 52.2 Å². The van der Waals surface area contributed by atoms with Crippen molar-refractivity contribution in [1.82, 2.24) is 14.7 Å². The normalized spacial score (nSPS) is 28.0. The largest absolute Gasteiger partial charge is 0.342 e. The molecule has 0 unspecified atom stereocenters. The highest BCUT2D eigenvalue weighted by Crippen LogP contribution is 2.23. The molecule has 2 rings (SSSR count). The minimum atomic E-state index is -3.36. The van der Waals surface area contributed by atoms with Crippen molar-refractivity contribution in [2.45, 2.75) is 32.7 Å². The molecular weight excluding hydrogens is 316 g/mol. The van der Waals surface area contributed by atoms with Gasteiger partial charge < -0.3 is 9.80 Å². The minimum Gasteiger partial charge on any atom is -0.342 e. The number of nitrogens with zero attached hydrogens (tertiary/aromatic N) is 3. The fraction of sp³-hybridized carbons (Fsp3) is 0.933. The smallest absolute Gasteiger partial charge is 0.219 e. The Morgan fingerprint density at radius 2 is 1.91 bits per heavy atom. The highest BCUT2D eigenvalue weighted by Gasteiger charge is 2.34. The van der Waals surface area contributed by atoms with E-state index in [9.17, 15) is 13.2 Å². The van der Waals surface area contributed by atoms with E-state index in [0.29, 0.717) is 18.4 Å². The predicted molar refractivity (Wildman–Crippen MR) is 90.4 cm³/mol. The standard InChI is InChI=1S/C15H30N4O3S/c1-13-11-17(5-4-10-23(16,21)22)12-15(13)19-7-3-6-18(8-9-19)14(2)20/h13,15H,3-12H2,1-2H3,(H2,16,21,22)/t13-,15+/m0/s1. The van der Waals surface area contributed by atoms with Gasteiger partial charge in [0.25, 0.3) is 0 Å². The SMILES string of the molecule is CC(=O)N1CCCN([C@@H]2CN(CCCS(N)(=O)=O)C[C@@H]2C)CC1. The van der Waals surface area contributed by atoms with Gasteiger partial charge in [-0.15, -0.1) is 0 Å². The lowest BCUT2D eigenvalue weighted by Gasteiger charge is -2.30. The number of carbonyl (C=O) groups excluding carboxylic acids is 1. The van der Waals surface area contributed by atoms with Gasteiger partial charge in [0.05, 0.1) is 5.75 Å². The number of nitrogens with two attached hydrogens (primary N) is 1. The number of amides is 1. The van der Waals surface area contributed by atoms with E-state index in [2.05, 4.69) is 16.7 Å². The molecular formula is C15H30N4O3S. The average molecular weight is 346 g/mol. The minimum absolute atomic E-state index is 0.0554. The fourth-order valence-electron chi connectivity index (χ4n) is 3.78. The van der Waals surface area contributed by atoms with E-state index in [-0.39, 0.29) is 11.7 Å². The Hall–Kier alpha value is -0.700. The molecule has 1 amide bonds. The first-order valence-electron chi connectivity index (χ1n) is 8.48. The van der Waals surface area contributed by atoms with Crippen LogP contribution in [0.15, 0.2) is 0 Å². The molecule has 0 aliphatic carbocycles. The molecule has 2 heterocycles. The first-order chi connectivity index (χ1) is 10.8. The van der Waals surface area contributed by atoms with Crippen molar-refractivity contribution in [2.75, 3.05) is 51.6 Å². The third kappa shape index (κ3) is 5.70. The second-order valence-electron chi connectivity index (χ2n) is 6.92. The zero-order valence-corrected chi connectivity index (χ0v) is 15.1. The number of sulfonamides is 1. The Morgan fingerprint density at radius 3 is 2.57 bits per heavy atom. The van der Waals surface area contributed by atoms with Crippen LogP contribution < -0.4 is 5.14 Å². The maximum Gasteiger partial charge on any atom is 0.219 e. The molecule has 0 aromatic rings. The Balaban J connectivity index is 1.82. The van der Waals surface area contributed by atoms with Crippen LogP contribution >= 0.6 is 0 Å². The molecule has 23 heavy (non-hydrogen) atoms. The van der Waals surface area contributed by atoms with Gasteiger partial charge in [-0.25, -0.2) is 13.6 Å². The highest BCUT2D eigenvalue weighted by molar-refractivity contribution is 7.89. The zero-order chi connectivity index (χ0) is 17.0. The first-order valence-corrected chi connectivity index (χ1v) is 10.2. The Bertz CT molecular complexity index is 511. The van der Waals surface area contributed by atoms with E-state index in [1.807, 2.05) is 4.90 Å². The quantitative estimate of drug-likeness (QED) is 0.728. The maximum atomic E-state index is 11.5. The Kier molecular flexibility index (Phi) is 6.41. The van der Waals surface area contributed by atoms with Crippen LogP contribution in [0.5, 0.6) is 0 Å². The van der Waals surface area contributed by atoms with Crippen LogP contribution in [0.2, 0.25) is 0 Å². The summed E-state index contributed by atoms with van der Waals surface area (Å²) in [5, 5.41) is 5.06. The molecule has 134 valence electrons. The lowest BCUT2D eigenvalue weighted by atomic mass is 10.0. The first kappa shape index (κ1) is 18.6. The van der Waals surface area contributed by atoms with Gasteiger partial charge in [-0.05, 0) is 25.3 Å². The third-order valence-electron chi connectivity index (χ3n) is 5.00. The van der Waals surface area contributed by atoms with Crippen molar-refractivity contribution in [3.8, 4) is 0 Å². The van der Waals surface area contributed by atoms with Crippen LogP contribution in [0.4, 0.5) is 0 Å². The van der Waals surface area contributed by atoms with Crippen molar-refractivity contribution in [2.24, 2.45) is 11.1 Å². The maximum absolute atomic E-state index is 11.5. The monoisotopic (exact) mass is 346 g/mol. The number of hydrogen-bond donors (Lipinski definition) is 1. The van der Waals surface area contributed by atoms with Crippen molar-refractivity contribution in [1.29, 1.82) is 0 Å². The summed E-state index contributed by atoms with van der Waals surface area (Å²) in [4.78, 5) is 18.3. The van der Waals surface area contributed by atoms with Gasteiger partial charge in [0.2, 0.25) is 15.9 Å². The zero-order valence-electron chi connectivity index (χ0n) is 14.3. The Labute approximate surface area is 139 Å². The van der Waals surface area contributed by atoms with E-state index in [1.165, 1.54) is 0 Å². The fourth-order valence-corrected chi connectivity index (χ4v) is 4.31. The van der Waals surface area contributed by atoms with Crippen LogP contribution in [-0.4, -0.2) is 86.6 Å². The van der Waals surface area contributed by atoms with E-state index in [1.54, 1.807) is 6.92 Å². The van der Waals surface area contributed by atoms with Gasteiger partial charge in [0.1, 0.15) is 0 Å². The molecule has 2 aliphatic rings. The van der Waals surface area contributed by atoms with Crippen LogP contribution in [-0.2, 0) is 14.8 Å². The molecule has 2 N–H and O–H groups in total. The molecule has 2 aliphatic heterocycles. The summed E-state index contributed by atoms with van der Waals surface area (Å²) in [6, 6.07) is 0.497. The molecule has 0 saturated carbocycles. The summed E-state index contributed by atoms with van der Waals surface area (Å²) in [5.41, 5.74) is 0. The van der Waals surface area contributed by atoms with Gasteiger partial charge in [-0.3, -0.25) is 9.69 Å². The molecule has 2 atom stereocenters. The lowest BCUT2D eigenvalue weighted by Crippen LogP contribution is -2.43. The van der Waals surface area contributed by atoms with E-state index >= 15 is 0 Å². The topological polar surface area (TPSA) is 86.9 Å². The molecule has 2 fully saturated rings. The summed E-state index contributed by atoms with van der Waals surface area (Å²) in [6.45, 7) is 10.3. The summed E-state index contributed by atoms with van der Waals surface area (Å²) in [6.07, 6.45) is 1.62. The van der Waals surface area contributed by atoms with Crippen molar-refractivity contribution in [3.63, 3.8) is 0 Å². The average Bonchev–Trinajstić information content (AvgIpc) is 2.66. The molecule has 8 heteroatoms. The number of primary sulfonamides is 1. The summed E-state index contributed by atoms with van der Waals surface area (Å²) in [5.74, 6) is 0.782. The van der Waals surface area contributed by atoms with Crippen LogP contribution in [0.3, 0.4) is 0 Å². The summed E-state index contributed by atoms with van der Waals surface area (Å²) in [7, 11) is -3.36. The van der Waals surface area contributed by atoms with Crippen molar-refractivity contribution < 1.29 is 13.2 Å². The lowest BCUT2D eigenvalue weighted by molar-refractivity contribution is -0.128. The van der Waals surface area contributed by atoms with Crippen molar-refractivity contribution >= 4 is 15.9 Å². The van der Waals surface area contributed by atoms with Crippen LogP contribution in [0.25, 0.3) is 0 Å². The molecule has 0 aromatic heterocycles. The number of likely N-dealkylation sites (tertiary alicyclic amines) is 1. The third-order valence-corrected chi connectivity index (χ3v) is 5.85. The van der Waals surface area contributed by atoms with Crippen molar-refractivity contribution in [3.05, 3.63) is 0 Å². The van der Waals surface area contributed by atoms with Gasteiger partial charge in [0.15, 0.2) is 0 Å². The second-order valence-corrected chi connectivity index (χ2v) is 8.65.